The maximum absolute atomic E-state index is 13.0. The normalized spacial score (nSPS) is 27.3. The van der Waals surface area contributed by atoms with Crippen LogP contribution in [0.3, 0.4) is 0 Å². The lowest BCUT2D eigenvalue weighted by atomic mass is 9.93. The molecule has 0 bridgehead atoms. The van der Waals surface area contributed by atoms with Crippen molar-refractivity contribution in [2.45, 2.75) is 42.8 Å². The second kappa shape index (κ2) is 5.06. The molecule has 0 N–H and O–H groups in total. The van der Waals surface area contributed by atoms with Gasteiger partial charge in [-0.3, -0.25) is 4.98 Å². The van der Waals surface area contributed by atoms with E-state index in [0.29, 0.717) is 10.7 Å². The molecule has 1 heterocycles. The molecular weight excluding hydrogens is 257 g/mol. The molecule has 1 aliphatic carbocycles. The predicted molar refractivity (Wildman–Crippen MR) is 62.7 cm³/mol. The van der Waals surface area contributed by atoms with E-state index in [1.807, 2.05) is 0 Å². The van der Waals surface area contributed by atoms with Gasteiger partial charge in [0, 0.05) is 11.0 Å². The van der Waals surface area contributed by atoms with E-state index in [9.17, 15) is 4.39 Å². The summed E-state index contributed by atoms with van der Waals surface area (Å²) in [6.07, 6.45) is 9.08. The third-order valence-electron chi connectivity index (χ3n) is 3.06. The molecule has 1 aromatic rings. The van der Waals surface area contributed by atoms with Gasteiger partial charge >= 0.3 is 0 Å². The van der Waals surface area contributed by atoms with Crippen molar-refractivity contribution in [2.75, 3.05) is 0 Å². The Labute approximate surface area is 98.2 Å². The molecule has 82 valence electrons. The van der Waals surface area contributed by atoms with Gasteiger partial charge in [0.15, 0.2) is 0 Å². The average molecular weight is 272 g/mol. The minimum Gasteiger partial charge on any atom is -0.261 e. The molecule has 1 fully saturated rings. The predicted octanol–water partition coefficient (Wildman–Crippen LogP) is 4.03. The Bertz CT molecular complexity index is 329. The van der Waals surface area contributed by atoms with E-state index in [1.54, 1.807) is 12.3 Å². The van der Waals surface area contributed by atoms with Gasteiger partial charge in [-0.15, -0.1) is 0 Å². The Balaban J connectivity index is 2.14. The summed E-state index contributed by atoms with van der Waals surface area (Å²) in [5.41, 5.74) is 1.06. The Morgan fingerprint density at radius 3 is 2.87 bits per heavy atom. The van der Waals surface area contributed by atoms with Gasteiger partial charge in [-0.05, 0) is 36.8 Å². The number of hydrogen-bond acceptors (Lipinski definition) is 1. The monoisotopic (exact) mass is 271 g/mol. The molecule has 1 aromatic heterocycles. The Hall–Kier alpha value is -0.440. The van der Waals surface area contributed by atoms with Crippen LogP contribution in [0.15, 0.2) is 18.5 Å². The first-order valence-corrected chi connectivity index (χ1v) is 6.42. The van der Waals surface area contributed by atoms with Gasteiger partial charge in [-0.1, -0.05) is 28.8 Å². The van der Waals surface area contributed by atoms with Crippen LogP contribution in [-0.4, -0.2) is 9.81 Å². The number of rotatable bonds is 1. The highest BCUT2D eigenvalue weighted by Crippen LogP contribution is 2.34. The van der Waals surface area contributed by atoms with Crippen molar-refractivity contribution >= 4 is 15.9 Å². The van der Waals surface area contributed by atoms with Gasteiger partial charge in [0.05, 0.1) is 6.20 Å². The van der Waals surface area contributed by atoms with E-state index in [0.717, 1.165) is 18.4 Å². The van der Waals surface area contributed by atoms with E-state index in [1.165, 1.54) is 25.5 Å². The highest BCUT2D eigenvalue weighted by Gasteiger charge is 2.20. The zero-order chi connectivity index (χ0) is 10.7. The number of nitrogens with zero attached hydrogens (tertiary/aromatic N) is 1. The Kier molecular flexibility index (Phi) is 3.73. The molecule has 0 spiro atoms. The lowest BCUT2D eigenvalue weighted by Gasteiger charge is -2.16. The van der Waals surface area contributed by atoms with Crippen molar-refractivity contribution in [1.29, 1.82) is 0 Å². The fourth-order valence-corrected chi connectivity index (χ4v) is 3.03. The zero-order valence-electron chi connectivity index (χ0n) is 8.63. The molecule has 0 radical (unpaired) electrons. The van der Waals surface area contributed by atoms with Gasteiger partial charge in [0.2, 0.25) is 0 Å². The molecule has 2 atom stereocenters. The number of alkyl halides is 1. The molecule has 3 heteroatoms. The molecule has 15 heavy (non-hydrogen) atoms. The smallest absolute Gasteiger partial charge is 0.141 e. The van der Waals surface area contributed by atoms with Crippen LogP contribution in [0.2, 0.25) is 0 Å². The van der Waals surface area contributed by atoms with E-state index in [4.69, 9.17) is 0 Å². The molecule has 1 aliphatic rings. The number of pyridine rings is 1. The molecule has 0 saturated heterocycles. The first-order valence-electron chi connectivity index (χ1n) is 5.50. The lowest BCUT2D eigenvalue weighted by Crippen LogP contribution is -2.04. The third kappa shape index (κ3) is 3.00. The molecule has 0 amide bonds. The lowest BCUT2D eigenvalue weighted by molar-refractivity contribution is 0.578. The van der Waals surface area contributed by atoms with Crippen LogP contribution in [0.4, 0.5) is 4.39 Å². The van der Waals surface area contributed by atoms with E-state index < -0.39 is 0 Å². The van der Waals surface area contributed by atoms with E-state index >= 15 is 0 Å². The van der Waals surface area contributed by atoms with Crippen LogP contribution in [0.25, 0.3) is 0 Å². The van der Waals surface area contributed by atoms with Crippen LogP contribution >= 0.6 is 15.9 Å². The molecule has 0 aliphatic heterocycles. The second-order valence-electron chi connectivity index (χ2n) is 4.25. The summed E-state index contributed by atoms with van der Waals surface area (Å²) in [6.45, 7) is 0. The van der Waals surface area contributed by atoms with Crippen molar-refractivity contribution < 1.29 is 4.39 Å². The van der Waals surface area contributed by atoms with Gasteiger partial charge in [0.25, 0.3) is 0 Å². The van der Waals surface area contributed by atoms with Crippen molar-refractivity contribution in [3.8, 4) is 0 Å². The largest absolute Gasteiger partial charge is 0.261 e. The van der Waals surface area contributed by atoms with Gasteiger partial charge in [-0.2, -0.15) is 0 Å². The quantitative estimate of drug-likeness (QED) is 0.555. The van der Waals surface area contributed by atoms with Gasteiger partial charge in [-0.25, -0.2) is 4.39 Å². The highest BCUT2D eigenvalue weighted by atomic mass is 79.9. The van der Waals surface area contributed by atoms with E-state index in [-0.39, 0.29) is 5.82 Å². The summed E-state index contributed by atoms with van der Waals surface area (Å²) in [7, 11) is 0. The molecule has 2 rings (SSSR count). The van der Waals surface area contributed by atoms with Crippen LogP contribution in [0.5, 0.6) is 0 Å². The average Bonchev–Trinajstić information content (AvgIpc) is 2.43. The highest BCUT2D eigenvalue weighted by molar-refractivity contribution is 9.09. The summed E-state index contributed by atoms with van der Waals surface area (Å²) >= 11 is 3.68. The van der Waals surface area contributed by atoms with Crippen molar-refractivity contribution in [3.05, 3.63) is 29.8 Å². The van der Waals surface area contributed by atoms with Crippen LogP contribution < -0.4 is 0 Å². The topological polar surface area (TPSA) is 12.9 Å². The fraction of sp³-hybridized carbons (Fsp3) is 0.583. The van der Waals surface area contributed by atoms with Crippen LogP contribution in [0, 0.1) is 5.82 Å². The standard InChI is InChI=1S/C12H15BrFN/c13-11-4-2-1-3-9(5-11)10-6-12(14)8-15-7-10/h6-9,11H,1-5H2. The first kappa shape index (κ1) is 11.1. The van der Waals surface area contributed by atoms with Crippen LogP contribution in [0.1, 0.15) is 43.6 Å². The minimum absolute atomic E-state index is 0.220. The summed E-state index contributed by atoms with van der Waals surface area (Å²) in [5, 5.41) is 0. The minimum atomic E-state index is -0.220. The molecule has 1 saturated carbocycles. The van der Waals surface area contributed by atoms with Gasteiger partial charge < -0.3 is 0 Å². The summed E-state index contributed by atoms with van der Waals surface area (Å²) in [4.78, 5) is 4.50. The van der Waals surface area contributed by atoms with Gasteiger partial charge in [0.1, 0.15) is 5.82 Å². The number of halogens is 2. The zero-order valence-corrected chi connectivity index (χ0v) is 10.2. The molecule has 2 unspecified atom stereocenters. The fourth-order valence-electron chi connectivity index (χ4n) is 2.26. The van der Waals surface area contributed by atoms with Crippen molar-refractivity contribution in [2.24, 2.45) is 0 Å². The Morgan fingerprint density at radius 2 is 2.07 bits per heavy atom. The van der Waals surface area contributed by atoms with Crippen LogP contribution in [-0.2, 0) is 0 Å². The number of aromatic nitrogens is 1. The first-order chi connectivity index (χ1) is 7.25. The SMILES string of the molecule is Fc1cncc(C2CCCCC(Br)C2)c1. The summed E-state index contributed by atoms with van der Waals surface area (Å²) in [5.74, 6) is 0.253. The summed E-state index contributed by atoms with van der Waals surface area (Å²) < 4.78 is 13.0. The third-order valence-corrected chi connectivity index (χ3v) is 3.89. The molecular formula is C12H15BrFN. The van der Waals surface area contributed by atoms with E-state index in [2.05, 4.69) is 20.9 Å². The number of hydrogen-bond donors (Lipinski definition) is 0. The van der Waals surface area contributed by atoms with Crippen molar-refractivity contribution in [3.63, 3.8) is 0 Å². The maximum Gasteiger partial charge on any atom is 0.141 e. The maximum atomic E-state index is 13.0. The summed E-state index contributed by atoms with van der Waals surface area (Å²) in [6, 6.07) is 1.63. The Morgan fingerprint density at radius 1 is 1.27 bits per heavy atom. The second-order valence-corrected chi connectivity index (χ2v) is 5.55. The molecule has 1 nitrogen and oxygen atoms in total. The molecule has 0 aromatic carbocycles. The van der Waals surface area contributed by atoms with Crippen molar-refractivity contribution in [1.82, 2.24) is 4.98 Å².